The standard InChI is InChI=1S/C14H11Br2NO/c1-8-6-10(15)3-4-11(8)14(18)9-2-5-13(17)12(16)7-9/h2-7H,17H2,1H3. The number of aryl methyl sites for hydroxylation is 1. The first-order valence-electron chi connectivity index (χ1n) is 5.35. The number of halogens is 2. The summed E-state index contributed by atoms with van der Waals surface area (Å²) in [6, 6.07) is 10.8. The van der Waals surface area contributed by atoms with E-state index in [1.54, 1.807) is 18.2 Å². The molecule has 0 saturated carbocycles. The fourth-order valence-corrected chi connectivity index (χ4v) is 2.56. The summed E-state index contributed by atoms with van der Waals surface area (Å²) in [6.45, 7) is 1.92. The van der Waals surface area contributed by atoms with Crippen LogP contribution in [0, 0.1) is 6.92 Å². The van der Waals surface area contributed by atoms with Crippen molar-refractivity contribution < 1.29 is 4.79 Å². The van der Waals surface area contributed by atoms with Gasteiger partial charge in [0.05, 0.1) is 0 Å². The molecule has 0 aliphatic rings. The fourth-order valence-electron chi connectivity index (χ4n) is 1.71. The lowest BCUT2D eigenvalue weighted by molar-refractivity contribution is 0.103. The Labute approximate surface area is 122 Å². The molecule has 0 aliphatic heterocycles. The highest BCUT2D eigenvalue weighted by Gasteiger charge is 2.12. The molecule has 0 aliphatic carbocycles. The largest absolute Gasteiger partial charge is 0.398 e. The van der Waals surface area contributed by atoms with Crippen LogP contribution in [0.5, 0.6) is 0 Å². The van der Waals surface area contributed by atoms with Crippen molar-refractivity contribution in [3.05, 3.63) is 62.0 Å². The first-order chi connectivity index (χ1) is 8.49. The van der Waals surface area contributed by atoms with Gasteiger partial charge in [-0.1, -0.05) is 15.9 Å². The zero-order chi connectivity index (χ0) is 13.3. The number of nitrogen functional groups attached to an aromatic ring is 1. The summed E-state index contributed by atoms with van der Waals surface area (Å²) in [7, 11) is 0. The minimum atomic E-state index is 0.000648. The zero-order valence-corrected chi connectivity index (χ0v) is 12.9. The lowest BCUT2D eigenvalue weighted by Gasteiger charge is -2.07. The van der Waals surface area contributed by atoms with Crippen LogP contribution in [-0.2, 0) is 0 Å². The molecule has 0 fully saturated rings. The van der Waals surface area contributed by atoms with Crippen LogP contribution >= 0.6 is 31.9 Å². The van der Waals surface area contributed by atoms with Crippen LogP contribution in [0.2, 0.25) is 0 Å². The summed E-state index contributed by atoms with van der Waals surface area (Å²) >= 11 is 6.72. The molecule has 0 atom stereocenters. The molecule has 0 unspecified atom stereocenters. The maximum atomic E-state index is 12.4. The predicted octanol–water partition coefficient (Wildman–Crippen LogP) is 4.33. The maximum Gasteiger partial charge on any atom is 0.193 e. The number of anilines is 1. The van der Waals surface area contributed by atoms with Crippen LogP contribution < -0.4 is 5.73 Å². The van der Waals surface area contributed by atoms with Crippen molar-refractivity contribution in [3.63, 3.8) is 0 Å². The Kier molecular flexibility index (Phi) is 3.88. The molecule has 0 saturated heterocycles. The van der Waals surface area contributed by atoms with Gasteiger partial charge in [0.1, 0.15) is 0 Å². The van der Waals surface area contributed by atoms with E-state index in [9.17, 15) is 4.79 Å². The highest BCUT2D eigenvalue weighted by molar-refractivity contribution is 9.10. The minimum absolute atomic E-state index is 0.000648. The topological polar surface area (TPSA) is 43.1 Å². The highest BCUT2D eigenvalue weighted by Crippen LogP contribution is 2.24. The van der Waals surface area contributed by atoms with Crippen LogP contribution in [-0.4, -0.2) is 5.78 Å². The van der Waals surface area contributed by atoms with Gasteiger partial charge in [0.2, 0.25) is 0 Å². The van der Waals surface area contributed by atoms with Gasteiger partial charge in [-0.05, 0) is 64.8 Å². The van der Waals surface area contributed by atoms with Gasteiger partial charge < -0.3 is 5.73 Å². The fraction of sp³-hybridized carbons (Fsp3) is 0.0714. The van der Waals surface area contributed by atoms with E-state index in [1.165, 1.54) is 0 Å². The second kappa shape index (κ2) is 5.24. The SMILES string of the molecule is Cc1cc(Br)ccc1C(=O)c1ccc(N)c(Br)c1. The Morgan fingerprint density at radius 1 is 1.11 bits per heavy atom. The van der Waals surface area contributed by atoms with E-state index in [2.05, 4.69) is 31.9 Å². The van der Waals surface area contributed by atoms with E-state index < -0.39 is 0 Å². The third kappa shape index (κ3) is 2.65. The van der Waals surface area contributed by atoms with Gasteiger partial charge >= 0.3 is 0 Å². The van der Waals surface area contributed by atoms with E-state index in [0.717, 1.165) is 14.5 Å². The molecule has 0 aromatic heterocycles. The van der Waals surface area contributed by atoms with Gasteiger partial charge in [-0.25, -0.2) is 0 Å². The molecule has 2 N–H and O–H groups in total. The van der Waals surface area contributed by atoms with Crippen LogP contribution in [0.4, 0.5) is 5.69 Å². The van der Waals surface area contributed by atoms with Gasteiger partial charge in [-0.15, -0.1) is 0 Å². The number of carbonyl (C=O) groups is 1. The van der Waals surface area contributed by atoms with Crippen LogP contribution in [0.15, 0.2) is 45.3 Å². The van der Waals surface area contributed by atoms with E-state index >= 15 is 0 Å². The first-order valence-corrected chi connectivity index (χ1v) is 6.93. The quantitative estimate of drug-likeness (QED) is 0.633. The zero-order valence-electron chi connectivity index (χ0n) is 9.71. The summed E-state index contributed by atoms with van der Waals surface area (Å²) in [5.74, 6) is 0.000648. The Balaban J connectivity index is 2.44. The number of carbonyl (C=O) groups excluding carboxylic acids is 1. The van der Waals surface area contributed by atoms with Crippen molar-refractivity contribution in [3.8, 4) is 0 Å². The minimum Gasteiger partial charge on any atom is -0.398 e. The molecule has 0 heterocycles. The molecule has 0 amide bonds. The number of ketones is 1. The van der Waals surface area contributed by atoms with Crippen molar-refractivity contribution >= 4 is 43.3 Å². The molecule has 0 spiro atoms. The van der Waals surface area contributed by atoms with Gasteiger partial charge in [0.15, 0.2) is 5.78 Å². The molecule has 18 heavy (non-hydrogen) atoms. The molecule has 2 nitrogen and oxygen atoms in total. The third-order valence-corrected chi connectivity index (χ3v) is 3.88. The predicted molar refractivity (Wildman–Crippen MR) is 80.9 cm³/mol. The van der Waals surface area contributed by atoms with Crippen molar-refractivity contribution in [1.29, 1.82) is 0 Å². The molecule has 2 aromatic rings. The molecular weight excluding hydrogens is 358 g/mol. The molecule has 0 radical (unpaired) electrons. The van der Waals surface area contributed by atoms with E-state index in [1.807, 2.05) is 25.1 Å². The Morgan fingerprint density at radius 2 is 1.83 bits per heavy atom. The Hall–Kier alpha value is -1.13. The van der Waals surface area contributed by atoms with Crippen LogP contribution in [0.3, 0.4) is 0 Å². The average molecular weight is 369 g/mol. The number of nitrogens with two attached hydrogens (primary N) is 1. The van der Waals surface area contributed by atoms with Gasteiger partial charge in [0.25, 0.3) is 0 Å². The molecule has 92 valence electrons. The summed E-state index contributed by atoms with van der Waals surface area (Å²) in [6.07, 6.45) is 0. The van der Waals surface area contributed by atoms with Crippen molar-refractivity contribution in [2.45, 2.75) is 6.92 Å². The first kappa shape index (κ1) is 13.3. The number of hydrogen-bond donors (Lipinski definition) is 1. The Bertz CT molecular complexity index is 623. The van der Waals surface area contributed by atoms with Gasteiger partial charge in [0, 0.05) is 25.8 Å². The number of rotatable bonds is 2. The Morgan fingerprint density at radius 3 is 2.44 bits per heavy atom. The van der Waals surface area contributed by atoms with Crippen LogP contribution in [0.25, 0.3) is 0 Å². The molecular formula is C14H11Br2NO. The summed E-state index contributed by atoms with van der Waals surface area (Å²) in [4.78, 5) is 12.4. The van der Waals surface area contributed by atoms with Crippen LogP contribution in [0.1, 0.15) is 21.5 Å². The van der Waals surface area contributed by atoms with Crippen molar-refractivity contribution in [2.24, 2.45) is 0 Å². The second-order valence-electron chi connectivity index (χ2n) is 4.02. The second-order valence-corrected chi connectivity index (χ2v) is 5.79. The van der Waals surface area contributed by atoms with Gasteiger partial charge in [-0.2, -0.15) is 0 Å². The van der Waals surface area contributed by atoms with E-state index in [-0.39, 0.29) is 5.78 Å². The molecule has 4 heteroatoms. The number of hydrogen-bond acceptors (Lipinski definition) is 2. The third-order valence-electron chi connectivity index (χ3n) is 2.70. The molecule has 2 rings (SSSR count). The molecule has 0 bridgehead atoms. The smallest absolute Gasteiger partial charge is 0.193 e. The highest BCUT2D eigenvalue weighted by atomic mass is 79.9. The van der Waals surface area contributed by atoms with E-state index in [0.29, 0.717) is 16.8 Å². The molecule has 2 aromatic carbocycles. The summed E-state index contributed by atoms with van der Waals surface area (Å²) in [5.41, 5.74) is 8.61. The van der Waals surface area contributed by atoms with Crippen molar-refractivity contribution in [1.82, 2.24) is 0 Å². The van der Waals surface area contributed by atoms with Gasteiger partial charge in [-0.3, -0.25) is 4.79 Å². The number of benzene rings is 2. The normalized spacial score (nSPS) is 10.4. The van der Waals surface area contributed by atoms with E-state index in [4.69, 9.17) is 5.73 Å². The lowest BCUT2D eigenvalue weighted by atomic mass is 9.99. The van der Waals surface area contributed by atoms with Crippen molar-refractivity contribution in [2.75, 3.05) is 5.73 Å². The summed E-state index contributed by atoms with van der Waals surface area (Å²) in [5, 5.41) is 0. The lowest BCUT2D eigenvalue weighted by Crippen LogP contribution is -2.04. The summed E-state index contributed by atoms with van der Waals surface area (Å²) < 4.78 is 1.71. The monoisotopic (exact) mass is 367 g/mol. The average Bonchev–Trinajstić information content (AvgIpc) is 2.32. The maximum absolute atomic E-state index is 12.4.